The second-order valence-electron chi connectivity index (χ2n) is 6.51. The van der Waals surface area contributed by atoms with Gasteiger partial charge in [-0.15, -0.1) is 0 Å². The number of carbonyl (C=O) groups is 1. The van der Waals surface area contributed by atoms with Gasteiger partial charge in [-0.1, -0.05) is 30.3 Å². The molecule has 0 spiro atoms. The van der Waals surface area contributed by atoms with Crippen molar-refractivity contribution in [1.82, 2.24) is 5.32 Å². The Morgan fingerprint density at radius 3 is 2.60 bits per heavy atom. The second kappa shape index (κ2) is 6.26. The van der Waals surface area contributed by atoms with E-state index >= 15 is 0 Å². The maximum Gasteiger partial charge on any atom is 0.244 e. The van der Waals surface area contributed by atoms with Gasteiger partial charge in [-0.05, 0) is 34.9 Å². The molecule has 1 aliphatic heterocycles. The van der Waals surface area contributed by atoms with Crippen LogP contribution in [0.2, 0.25) is 0 Å². The van der Waals surface area contributed by atoms with Crippen molar-refractivity contribution >= 4 is 12.0 Å². The van der Waals surface area contributed by atoms with E-state index in [-0.39, 0.29) is 19.2 Å². The summed E-state index contributed by atoms with van der Waals surface area (Å²) in [7, 11) is 0. The van der Waals surface area contributed by atoms with Crippen molar-refractivity contribution in [2.24, 2.45) is 0 Å². The van der Waals surface area contributed by atoms with Crippen molar-refractivity contribution in [3.8, 4) is 11.5 Å². The van der Waals surface area contributed by atoms with Crippen LogP contribution in [-0.2, 0) is 17.6 Å². The number of hydrogen-bond acceptors (Lipinski definition) is 4. The van der Waals surface area contributed by atoms with Crippen LogP contribution in [0, 0.1) is 0 Å². The third-order valence-corrected chi connectivity index (χ3v) is 4.57. The first-order valence-electron chi connectivity index (χ1n) is 8.26. The van der Waals surface area contributed by atoms with E-state index in [1.807, 2.05) is 42.5 Å². The monoisotopic (exact) mass is 337 g/mol. The second-order valence-corrected chi connectivity index (χ2v) is 6.51. The van der Waals surface area contributed by atoms with Crippen LogP contribution in [0.1, 0.15) is 16.7 Å². The van der Waals surface area contributed by atoms with Gasteiger partial charge in [0.25, 0.3) is 0 Å². The van der Waals surface area contributed by atoms with Crippen LogP contribution in [0.15, 0.2) is 48.5 Å². The zero-order valence-electron chi connectivity index (χ0n) is 13.7. The molecule has 2 aromatic rings. The normalized spacial score (nSPS) is 16.8. The minimum absolute atomic E-state index is 0.226. The van der Waals surface area contributed by atoms with Gasteiger partial charge in [-0.25, -0.2) is 0 Å². The Morgan fingerprint density at radius 1 is 1.12 bits per heavy atom. The fourth-order valence-electron chi connectivity index (χ4n) is 3.30. The van der Waals surface area contributed by atoms with E-state index in [1.54, 1.807) is 6.08 Å². The fourth-order valence-corrected chi connectivity index (χ4v) is 3.30. The molecule has 1 amide bonds. The summed E-state index contributed by atoms with van der Waals surface area (Å²) in [6.07, 6.45) is 4.30. The summed E-state index contributed by atoms with van der Waals surface area (Å²) in [6.45, 7) is 0.454. The maximum absolute atomic E-state index is 12.1. The number of aliphatic hydroxyl groups is 1. The van der Waals surface area contributed by atoms with E-state index in [0.29, 0.717) is 24.3 Å². The Balaban J connectivity index is 1.34. The first-order chi connectivity index (χ1) is 12.1. The minimum Gasteiger partial charge on any atom is -0.454 e. The van der Waals surface area contributed by atoms with Crippen molar-refractivity contribution in [3.63, 3.8) is 0 Å². The molecule has 2 aromatic carbocycles. The molecule has 0 saturated carbocycles. The van der Waals surface area contributed by atoms with E-state index < -0.39 is 5.60 Å². The van der Waals surface area contributed by atoms with Crippen LogP contribution >= 0.6 is 0 Å². The van der Waals surface area contributed by atoms with Gasteiger partial charge in [0.05, 0.1) is 5.60 Å². The lowest BCUT2D eigenvalue weighted by Gasteiger charge is -2.22. The summed E-state index contributed by atoms with van der Waals surface area (Å²) in [5, 5.41) is 13.5. The molecule has 0 atom stereocenters. The van der Waals surface area contributed by atoms with Gasteiger partial charge < -0.3 is 19.9 Å². The molecule has 0 bridgehead atoms. The van der Waals surface area contributed by atoms with Crippen molar-refractivity contribution in [2.75, 3.05) is 13.3 Å². The Bertz CT molecular complexity index is 818. The third-order valence-electron chi connectivity index (χ3n) is 4.57. The lowest BCUT2D eigenvalue weighted by Crippen LogP contribution is -2.43. The fraction of sp³-hybridized carbons (Fsp3) is 0.250. The smallest absolute Gasteiger partial charge is 0.244 e. The van der Waals surface area contributed by atoms with Crippen LogP contribution < -0.4 is 14.8 Å². The number of carbonyl (C=O) groups excluding carboxylic acids is 1. The molecule has 1 aliphatic carbocycles. The Kier molecular flexibility index (Phi) is 3.93. The van der Waals surface area contributed by atoms with E-state index in [1.165, 1.54) is 6.08 Å². The SMILES string of the molecule is O=C(/C=C/c1ccc2c(c1)OCO2)NCC1(O)Cc2ccccc2C1. The van der Waals surface area contributed by atoms with Gasteiger partial charge in [-0.3, -0.25) is 4.79 Å². The first kappa shape index (κ1) is 15.7. The van der Waals surface area contributed by atoms with Crippen molar-refractivity contribution < 1.29 is 19.4 Å². The number of amides is 1. The molecule has 4 rings (SSSR count). The number of rotatable bonds is 4. The summed E-state index contributed by atoms with van der Waals surface area (Å²) in [5.74, 6) is 1.16. The van der Waals surface area contributed by atoms with Crippen molar-refractivity contribution in [2.45, 2.75) is 18.4 Å². The molecule has 0 saturated heterocycles. The highest BCUT2D eigenvalue weighted by Crippen LogP contribution is 2.33. The average molecular weight is 337 g/mol. The van der Waals surface area contributed by atoms with Crippen molar-refractivity contribution in [3.05, 3.63) is 65.2 Å². The molecule has 5 heteroatoms. The van der Waals surface area contributed by atoms with Crippen molar-refractivity contribution in [1.29, 1.82) is 0 Å². The topological polar surface area (TPSA) is 67.8 Å². The van der Waals surface area contributed by atoms with Gasteiger partial charge in [0.2, 0.25) is 12.7 Å². The quantitative estimate of drug-likeness (QED) is 0.838. The summed E-state index contributed by atoms with van der Waals surface area (Å²) >= 11 is 0. The van der Waals surface area contributed by atoms with Gasteiger partial charge >= 0.3 is 0 Å². The predicted octanol–water partition coefficient (Wildman–Crippen LogP) is 2.07. The van der Waals surface area contributed by atoms with Gasteiger partial charge in [0, 0.05) is 25.5 Å². The summed E-state index contributed by atoms with van der Waals surface area (Å²) < 4.78 is 10.6. The van der Waals surface area contributed by atoms with Gasteiger partial charge in [-0.2, -0.15) is 0 Å². The van der Waals surface area contributed by atoms with Crippen LogP contribution in [0.4, 0.5) is 0 Å². The lowest BCUT2D eigenvalue weighted by atomic mass is 10.0. The molecule has 25 heavy (non-hydrogen) atoms. The molecule has 2 aliphatic rings. The maximum atomic E-state index is 12.1. The van der Waals surface area contributed by atoms with Gasteiger partial charge in [0.1, 0.15) is 0 Å². The Labute approximate surface area is 145 Å². The highest BCUT2D eigenvalue weighted by molar-refractivity contribution is 5.91. The largest absolute Gasteiger partial charge is 0.454 e. The van der Waals surface area contributed by atoms with Crippen LogP contribution in [0.25, 0.3) is 6.08 Å². The number of benzene rings is 2. The summed E-state index contributed by atoms with van der Waals surface area (Å²) in [4.78, 5) is 12.1. The molecule has 128 valence electrons. The van der Waals surface area contributed by atoms with Crippen LogP contribution in [0.5, 0.6) is 11.5 Å². The molecule has 0 aromatic heterocycles. The molecule has 0 unspecified atom stereocenters. The molecule has 0 radical (unpaired) electrons. The molecular weight excluding hydrogens is 318 g/mol. The third kappa shape index (κ3) is 3.37. The zero-order valence-corrected chi connectivity index (χ0v) is 13.7. The van der Waals surface area contributed by atoms with E-state index in [2.05, 4.69) is 5.32 Å². The first-order valence-corrected chi connectivity index (χ1v) is 8.26. The van der Waals surface area contributed by atoms with Crippen LogP contribution in [-0.4, -0.2) is 30.0 Å². The average Bonchev–Trinajstić information content (AvgIpc) is 3.21. The standard InChI is InChI=1S/C20H19NO4/c22-19(8-6-14-5-7-17-18(9-14)25-13-24-17)21-12-20(23)10-15-3-1-2-4-16(15)11-20/h1-9,23H,10-13H2,(H,21,22)/b8-6+. The highest BCUT2D eigenvalue weighted by atomic mass is 16.7. The molecule has 1 heterocycles. The number of fused-ring (bicyclic) bond motifs is 2. The summed E-state index contributed by atoms with van der Waals surface area (Å²) in [5.41, 5.74) is 2.24. The highest BCUT2D eigenvalue weighted by Gasteiger charge is 2.34. The molecule has 2 N–H and O–H groups in total. The van der Waals surface area contributed by atoms with E-state index in [9.17, 15) is 9.90 Å². The predicted molar refractivity (Wildman–Crippen MR) is 93.4 cm³/mol. The van der Waals surface area contributed by atoms with E-state index in [0.717, 1.165) is 16.7 Å². The lowest BCUT2D eigenvalue weighted by molar-refractivity contribution is -0.117. The Morgan fingerprint density at radius 2 is 1.84 bits per heavy atom. The minimum atomic E-state index is -0.911. The Hall–Kier alpha value is -2.79. The van der Waals surface area contributed by atoms with E-state index in [4.69, 9.17) is 9.47 Å². The molecular formula is C20H19NO4. The zero-order chi connectivity index (χ0) is 17.3. The van der Waals surface area contributed by atoms with Crippen LogP contribution in [0.3, 0.4) is 0 Å². The number of ether oxygens (including phenoxy) is 2. The number of hydrogen-bond donors (Lipinski definition) is 2. The number of nitrogens with one attached hydrogen (secondary N) is 1. The van der Waals surface area contributed by atoms with Gasteiger partial charge in [0.15, 0.2) is 11.5 Å². The summed E-state index contributed by atoms with van der Waals surface area (Å²) in [6, 6.07) is 13.5. The molecule has 0 fully saturated rings. The molecule has 5 nitrogen and oxygen atoms in total.